The monoisotopic (exact) mass is 916 g/mol. The summed E-state index contributed by atoms with van der Waals surface area (Å²) in [6.07, 6.45) is 8.35. The number of aromatic amines is 2. The Kier molecular flexibility index (Phi) is 15.4. The normalized spacial score (nSPS) is 16.3. The highest BCUT2D eigenvalue weighted by Gasteiger charge is 2.35. The summed E-state index contributed by atoms with van der Waals surface area (Å²) >= 11 is 0. The topological polar surface area (TPSA) is 175 Å². The first-order valence-corrected chi connectivity index (χ1v) is 23.1. The van der Waals surface area contributed by atoms with Gasteiger partial charge in [0.05, 0.1) is 56.2 Å². The number of imidazole rings is 2. The van der Waals surface area contributed by atoms with E-state index in [2.05, 4.69) is 81.9 Å². The maximum Gasteiger partial charge on any atom is 0.407 e. The number of hydrogen-bond donors (Lipinski definition) is 4. The van der Waals surface area contributed by atoms with E-state index in [1.54, 1.807) is 28.1 Å². The second-order valence-corrected chi connectivity index (χ2v) is 17.5. The lowest BCUT2D eigenvalue weighted by Crippen LogP contribution is -2.51. The number of amides is 4. The lowest BCUT2D eigenvalue weighted by Gasteiger charge is -2.34. The number of H-pyrrole nitrogens is 2. The molecule has 1 aliphatic rings. The molecule has 4 atom stereocenters. The zero-order valence-electron chi connectivity index (χ0n) is 39.8. The van der Waals surface area contributed by atoms with Gasteiger partial charge in [0.25, 0.3) is 0 Å². The number of carbonyl (C=O) groups excluding carboxylic acids is 4. The van der Waals surface area contributed by atoms with Crippen LogP contribution < -0.4 is 10.6 Å². The number of alkyl carbamates (subject to hydrolysis) is 2. The van der Waals surface area contributed by atoms with Crippen LogP contribution in [0, 0.1) is 23.7 Å². The molecule has 6 aromatic rings. The number of carbonyl (C=O) groups is 4. The molecule has 14 heteroatoms. The van der Waals surface area contributed by atoms with Crippen molar-refractivity contribution < 1.29 is 28.7 Å². The Bertz CT molecular complexity index is 2880. The molecular weight excluding hydrogens is 857 g/mol. The van der Waals surface area contributed by atoms with Crippen LogP contribution in [0.1, 0.15) is 87.5 Å². The lowest BCUT2D eigenvalue weighted by molar-refractivity contribution is -0.135. The number of methoxy groups -OCH3 is 2. The summed E-state index contributed by atoms with van der Waals surface area (Å²) in [5.41, 5.74) is 5.46. The van der Waals surface area contributed by atoms with Crippen molar-refractivity contribution >= 4 is 51.4 Å². The third-order valence-electron chi connectivity index (χ3n) is 12.3. The summed E-state index contributed by atoms with van der Waals surface area (Å²) in [6, 6.07) is 27.9. The van der Waals surface area contributed by atoms with Gasteiger partial charge in [-0.05, 0) is 59.0 Å². The van der Waals surface area contributed by atoms with Crippen molar-refractivity contribution in [3.63, 3.8) is 0 Å². The number of rotatable bonds is 16. The summed E-state index contributed by atoms with van der Waals surface area (Å²) in [5.74, 6) is 7.40. The highest BCUT2D eigenvalue weighted by Crippen LogP contribution is 2.42. The molecule has 4 N–H and O–H groups in total. The molecular formula is C54H60N8O6. The third kappa shape index (κ3) is 11.0. The summed E-state index contributed by atoms with van der Waals surface area (Å²) < 4.78 is 9.67. The summed E-state index contributed by atoms with van der Waals surface area (Å²) in [5, 5.41) is 7.40. The van der Waals surface area contributed by atoms with Gasteiger partial charge in [0.2, 0.25) is 11.8 Å². The Balaban J connectivity index is 1.17. The largest absolute Gasteiger partial charge is 0.453 e. The fourth-order valence-corrected chi connectivity index (χ4v) is 8.58. The molecule has 0 fully saturated rings. The molecule has 4 amide bonds. The summed E-state index contributed by atoms with van der Waals surface area (Å²) in [4.78, 5) is 72.4. The molecule has 0 saturated heterocycles. The molecule has 0 saturated carbocycles. The molecule has 2 aromatic heterocycles. The van der Waals surface area contributed by atoms with Gasteiger partial charge in [0.15, 0.2) is 0 Å². The molecule has 0 radical (unpaired) electrons. The van der Waals surface area contributed by atoms with Crippen molar-refractivity contribution in [3.8, 4) is 11.8 Å². The third-order valence-corrected chi connectivity index (χ3v) is 12.3. The van der Waals surface area contributed by atoms with Gasteiger partial charge in [-0.2, -0.15) is 0 Å². The number of fused-ring (bicyclic) bond motifs is 3. The lowest BCUT2D eigenvalue weighted by atomic mass is 9.68. The predicted octanol–water partition coefficient (Wildman–Crippen LogP) is 8.97. The fourth-order valence-electron chi connectivity index (χ4n) is 8.58. The van der Waals surface area contributed by atoms with E-state index in [1.807, 2.05) is 82.3 Å². The summed E-state index contributed by atoms with van der Waals surface area (Å²) in [6.45, 7) is 11.4. The number of allylic oxidation sites excluding steroid dienone is 4. The summed E-state index contributed by atoms with van der Waals surface area (Å²) in [7, 11) is 2.56. The second kappa shape index (κ2) is 21.8. The molecule has 68 heavy (non-hydrogen) atoms. The Labute approximate surface area is 397 Å². The van der Waals surface area contributed by atoms with E-state index in [0.717, 1.165) is 50.6 Å². The van der Waals surface area contributed by atoms with Gasteiger partial charge < -0.3 is 39.9 Å². The Morgan fingerprint density at radius 2 is 1.47 bits per heavy atom. The van der Waals surface area contributed by atoms with E-state index in [9.17, 15) is 19.2 Å². The minimum absolute atomic E-state index is 0.149. The Hall–Kier alpha value is -7.66. The minimum Gasteiger partial charge on any atom is -0.453 e. The van der Waals surface area contributed by atoms with Gasteiger partial charge in [0.1, 0.15) is 23.7 Å². The van der Waals surface area contributed by atoms with Crippen LogP contribution in [0.5, 0.6) is 0 Å². The van der Waals surface area contributed by atoms with Crippen LogP contribution >= 0.6 is 0 Å². The van der Waals surface area contributed by atoms with E-state index in [0.29, 0.717) is 36.7 Å². The zero-order chi connectivity index (χ0) is 48.4. The van der Waals surface area contributed by atoms with Crippen LogP contribution in [0.3, 0.4) is 0 Å². The zero-order valence-corrected chi connectivity index (χ0v) is 39.8. The van der Waals surface area contributed by atoms with Crippen LogP contribution in [0.15, 0.2) is 115 Å². The fraction of sp³-hybridized carbons (Fsp3) is 0.333. The maximum absolute atomic E-state index is 14.1. The SMILES string of the molecule is CCCN(Cc1nc2c(ccc3cc(C4(C)C=CC(c5cnc(CN(CCC)C(=O)[C@H](NC(=O)OC)c6ccccc6)[nH]5)=CC4C#Cc4ccccc4)ccc32)[nH]1)C(=O)[C@@H](NC(=O)OC)C(C)C. The number of benzene rings is 4. The molecule has 7 rings (SSSR count). The van der Waals surface area contributed by atoms with E-state index in [4.69, 9.17) is 19.4 Å². The highest BCUT2D eigenvalue weighted by molar-refractivity contribution is 6.04. The van der Waals surface area contributed by atoms with Crippen molar-refractivity contribution in [2.45, 2.75) is 78.0 Å². The first-order valence-electron chi connectivity index (χ1n) is 23.1. The first-order chi connectivity index (χ1) is 32.8. The highest BCUT2D eigenvalue weighted by atomic mass is 16.5. The molecule has 0 aliphatic heterocycles. The van der Waals surface area contributed by atoms with Crippen molar-refractivity contribution in [2.75, 3.05) is 27.3 Å². The Morgan fingerprint density at radius 3 is 2.15 bits per heavy atom. The minimum atomic E-state index is -0.936. The molecule has 0 bridgehead atoms. The number of nitrogens with one attached hydrogen (secondary N) is 4. The van der Waals surface area contributed by atoms with Crippen molar-refractivity contribution in [3.05, 3.63) is 149 Å². The van der Waals surface area contributed by atoms with E-state index in [-0.39, 0.29) is 36.7 Å². The molecule has 1 aliphatic carbocycles. The Morgan fingerprint density at radius 1 is 0.809 bits per heavy atom. The predicted molar refractivity (Wildman–Crippen MR) is 264 cm³/mol. The molecule has 2 unspecified atom stereocenters. The molecule has 352 valence electrons. The maximum atomic E-state index is 14.1. The van der Waals surface area contributed by atoms with Gasteiger partial charge >= 0.3 is 12.2 Å². The van der Waals surface area contributed by atoms with Crippen molar-refractivity contribution in [1.29, 1.82) is 0 Å². The quantitative estimate of drug-likeness (QED) is 0.0697. The molecule has 2 heterocycles. The van der Waals surface area contributed by atoms with Crippen LogP contribution in [-0.2, 0) is 37.6 Å². The average Bonchev–Trinajstić information content (AvgIpc) is 4.01. The van der Waals surface area contributed by atoms with E-state index >= 15 is 0 Å². The van der Waals surface area contributed by atoms with Gasteiger partial charge in [-0.25, -0.2) is 19.6 Å². The van der Waals surface area contributed by atoms with Gasteiger partial charge in [-0.15, -0.1) is 0 Å². The standard InChI is InChI=1S/C54H60N8O6/c1-8-28-61(51(64)48(60-53(66)68-7)37-18-14-11-15-19-37)33-45-55-32-44(57-45)39-26-27-54(5,40(31-39)22-20-36-16-12-10-13-17-36)41-23-24-42-38(30-41)21-25-43-49(42)58-46(56-43)34-62(29-9-2)50(63)47(35(3)4)59-52(65)67-6/h10-19,21,23-27,30-32,35,40,47-48H,8-9,28-29,33-34H2,1-7H3,(H,55,57)(H,56,58)(H,59,65)(H,60,66)/t40?,47-,48+,54?/m0/s1. The number of nitrogens with zero attached hydrogens (tertiary/aromatic N) is 4. The van der Waals surface area contributed by atoms with Crippen LogP contribution in [0.25, 0.3) is 27.4 Å². The van der Waals surface area contributed by atoms with Crippen molar-refractivity contribution in [1.82, 2.24) is 40.4 Å². The second-order valence-electron chi connectivity index (χ2n) is 17.5. The van der Waals surface area contributed by atoms with Gasteiger partial charge in [-0.3, -0.25) is 9.59 Å². The van der Waals surface area contributed by atoms with Crippen molar-refractivity contribution in [2.24, 2.45) is 11.8 Å². The van der Waals surface area contributed by atoms with Gasteiger partial charge in [0, 0.05) is 29.5 Å². The average molecular weight is 917 g/mol. The molecule has 4 aromatic carbocycles. The molecule has 14 nitrogen and oxygen atoms in total. The van der Waals surface area contributed by atoms with E-state index in [1.165, 1.54) is 14.2 Å². The number of ether oxygens (including phenoxy) is 2. The van der Waals surface area contributed by atoms with Crippen LogP contribution in [0.2, 0.25) is 0 Å². The van der Waals surface area contributed by atoms with Crippen LogP contribution in [0.4, 0.5) is 9.59 Å². The number of aromatic nitrogens is 4. The van der Waals surface area contributed by atoms with Gasteiger partial charge in [-0.1, -0.05) is 137 Å². The van der Waals surface area contributed by atoms with E-state index < -0.39 is 29.7 Å². The first kappa shape index (κ1) is 48.3. The number of hydrogen-bond acceptors (Lipinski definition) is 8. The molecule has 0 spiro atoms. The van der Waals surface area contributed by atoms with Crippen LogP contribution in [-0.4, -0.2) is 87.1 Å². The smallest absolute Gasteiger partial charge is 0.407 e.